The summed E-state index contributed by atoms with van der Waals surface area (Å²) in [5.41, 5.74) is 0.597. The molecule has 3 N–H and O–H groups in total. The Kier molecular flexibility index (Phi) is 6.79. The third-order valence-electron chi connectivity index (χ3n) is 5.41. The zero-order valence-corrected chi connectivity index (χ0v) is 17.7. The quantitative estimate of drug-likeness (QED) is 0.520. The predicted molar refractivity (Wildman–Crippen MR) is 118 cm³/mol. The number of rotatable bonds is 7. The van der Waals surface area contributed by atoms with Crippen LogP contribution in [-0.2, 0) is 6.61 Å². The molecule has 9 heteroatoms. The molecule has 0 bridgehead atoms. The van der Waals surface area contributed by atoms with E-state index in [0.29, 0.717) is 45.5 Å². The van der Waals surface area contributed by atoms with E-state index in [4.69, 9.17) is 16.3 Å². The van der Waals surface area contributed by atoms with Crippen LogP contribution < -0.4 is 20.9 Å². The summed E-state index contributed by atoms with van der Waals surface area (Å²) in [4.78, 5) is 35.8. The highest BCUT2D eigenvalue weighted by atomic mass is 35.5. The van der Waals surface area contributed by atoms with Crippen LogP contribution in [0, 0.1) is 5.92 Å². The number of benzene rings is 1. The van der Waals surface area contributed by atoms with Gasteiger partial charge in [-0.05, 0) is 62.5 Å². The summed E-state index contributed by atoms with van der Waals surface area (Å²) in [6.45, 7) is 2.73. The number of aromatic nitrogens is 3. The molecule has 4 rings (SSSR count). The molecule has 0 radical (unpaired) electrons. The van der Waals surface area contributed by atoms with Crippen LogP contribution in [0.3, 0.4) is 0 Å². The van der Waals surface area contributed by atoms with Crippen molar-refractivity contribution in [3.8, 4) is 5.75 Å². The van der Waals surface area contributed by atoms with Gasteiger partial charge in [-0.1, -0.05) is 11.6 Å². The summed E-state index contributed by atoms with van der Waals surface area (Å²) >= 11 is 6.23. The van der Waals surface area contributed by atoms with Crippen LogP contribution in [0.2, 0.25) is 5.02 Å². The van der Waals surface area contributed by atoms with Gasteiger partial charge in [0.25, 0.3) is 11.5 Å². The molecule has 1 saturated heterocycles. The Balaban J connectivity index is 1.38. The number of amides is 1. The molecule has 162 valence electrons. The monoisotopic (exact) mass is 441 g/mol. The fourth-order valence-corrected chi connectivity index (χ4v) is 3.89. The first-order chi connectivity index (χ1) is 15.1. The molecule has 1 fully saturated rings. The van der Waals surface area contributed by atoms with Crippen molar-refractivity contribution in [3.05, 3.63) is 63.4 Å². The number of aromatic amines is 1. The number of halogens is 1. The minimum Gasteiger partial charge on any atom is -0.486 e. The zero-order chi connectivity index (χ0) is 21.6. The lowest BCUT2D eigenvalue weighted by Gasteiger charge is -2.22. The Bertz CT molecular complexity index is 1130. The van der Waals surface area contributed by atoms with Gasteiger partial charge in [0, 0.05) is 12.7 Å². The number of nitrogens with zero attached hydrogens (tertiary/aromatic N) is 2. The van der Waals surface area contributed by atoms with E-state index in [2.05, 4.69) is 25.6 Å². The van der Waals surface area contributed by atoms with Gasteiger partial charge in [-0.3, -0.25) is 14.6 Å². The maximum atomic E-state index is 12.6. The molecule has 0 saturated carbocycles. The van der Waals surface area contributed by atoms with Gasteiger partial charge >= 0.3 is 0 Å². The minimum absolute atomic E-state index is 0.0402. The van der Waals surface area contributed by atoms with E-state index >= 15 is 0 Å². The van der Waals surface area contributed by atoms with Gasteiger partial charge in [-0.15, -0.1) is 0 Å². The molecule has 3 heterocycles. The largest absolute Gasteiger partial charge is 0.486 e. The number of carbonyl (C=O) groups is 1. The number of hydrogen-bond acceptors (Lipinski definition) is 6. The SMILES string of the molecule is O=C(NCCC1CCNCC1)c1cc(OCc2nc3cnccc3c(=O)[nH]2)ccc1Cl. The van der Waals surface area contributed by atoms with Gasteiger partial charge in [-0.2, -0.15) is 0 Å². The van der Waals surface area contributed by atoms with Crippen molar-refractivity contribution in [2.75, 3.05) is 19.6 Å². The van der Waals surface area contributed by atoms with Crippen molar-refractivity contribution < 1.29 is 9.53 Å². The molecule has 0 unspecified atom stereocenters. The molecule has 1 aromatic carbocycles. The minimum atomic E-state index is -0.254. The van der Waals surface area contributed by atoms with Crippen molar-refractivity contribution in [2.45, 2.75) is 25.9 Å². The second-order valence-electron chi connectivity index (χ2n) is 7.57. The lowest BCUT2D eigenvalue weighted by atomic mass is 9.95. The van der Waals surface area contributed by atoms with E-state index < -0.39 is 0 Å². The van der Waals surface area contributed by atoms with Crippen LogP contribution in [-0.4, -0.2) is 40.5 Å². The highest BCUT2D eigenvalue weighted by Gasteiger charge is 2.15. The van der Waals surface area contributed by atoms with Gasteiger partial charge in [0.15, 0.2) is 0 Å². The molecule has 0 aliphatic carbocycles. The van der Waals surface area contributed by atoms with E-state index in [1.807, 2.05) is 0 Å². The summed E-state index contributed by atoms with van der Waals surface area (Å²) in [7, 11) is 0. The molecule has 8 nitrogen and oxygen atoms in total. The maximum Gasteiger partial charge on any atom is 0.258 e. The Morgan fingerprint density at radius 2 is 2.10 bits per heavy atom. The molecular weight excluding hydrogens is 418 g/mol. The molecular formula is C22H24ClN5O3. The van der Waals surface area contributed by atoms with Gasteiger partial charge in [-0.25, -0.2) is 4.98 Å². The highest BCUT2D eigenvalue weighted by molar-refractivity contribution is 6.33. The number of nitrogens with one attached hydrogen (secondary N) is 3. The van der Waals surface area contributed by atoms with Crippen LogP contribution in [0.15, 0.2) is 41.5 Å². The standard InChI is InChI=1S/C22H24ClN5O3/c23-18-2-1-15(11-17(18)21(29)26-10-5-14-3-7-24-8-4-14)31-13-20-27-19-12-25-9-6-16(19)22(30)28-20/h1-2,6,9,11-12,14,24H,3-5,7-8,10,13H2,(H,26,29)(H,27,28,30). The summed E-state index contributed by atoms with van der Waals surface area (Å²) < 4.78 is 5.74. The molecule has 0 spiro atoms. The number of hydrogen-bond donors (Lipinski definition) is 3. The number of ether oxygens (including phenoxy) is 1. The van der Waals surface area contributed by atoms with Crippen molar-refractivity contribution in [3.63, 3.8) is 0 Å². The predicted octanol–water partition coefficient (Wildman–Crippen LogP) is 2.67. The molecule has 1 amide bonds. The first-order valence-corrected chi connectivity index (χ1v) is 10.7. The topological polar surface area (TPSA) is 109 Å². The summed E-state index contributed by atoms with van der Waals surface area (Å²) in [5.74, 6) is 1.24. The molecule has 2 aromatic heterocycles. The van der Waals surface area contributed by atoms with Crippen LogP contribution >= 0.6 is 11.6 Å². The van der Waals surface area contributed by atoms with Gasteiger partial charge in [0.05, 0.1) is 27.7 Å². The molecule has 1 aliphatic rings. The Morgan fingerprint density at radius 1 is 1.26 bits per heavy atom. The fourth-order valence-electron chi connectivity index (χ4n) is 3.68. The van der Waals surface area contributed by atoms with E-state index in [1.165, 1.54) is 6.20 Å². The Morgan fingerprint density at radius 3 is 2.94 bits per heavy atom. The van der Waals surface area contributed by atoms with Gasteiger partial charge < -0.3 is 20.4 Å². The summed E-state index contributed by atoms with van der Waals surface area (Å²) in [6, 6.07) is 6.51. The smallest absolute Gasteiger partial charge is 0.258 e. The van der Waals surface area contributed by atoms with Crippen LogP contribution in [0.4, 0.5) is 0 Å². The maximum absolute atomic E-state index is 12.6. The van der Waals surface area contributed by atoms with Crippen molar-refractivity contribution >= 4 is 28.4 Å². The number of fused-ring (bicyclic) bond motifs is 1. The lowest BCUT2D eigenvalue weighted by molar-refractivity contribution is 0.0950. The van der Waals surface area contributed by atoms with Crippen molar-refractivity contribution in [2.24, 2.45) is 5.92 Å². The van der Waals surface area contributed by atoms with Gasteiger partial charge in [0.2, 0.25) is 0 Å². The van der Waals surface area contributed by atoms with Crippen LogP contribution in [0.5, 0.6) is 5.75 Å². The van der Waals surface area contributed by atoms with E-state index in [1.54, 1.807) is 30.5 Å². The van der Waals surface area contributed by atoms with Crippen molar-refractivity contribution in [1.82, 2.24) is 25.6 Å². The summed E-state index contributed by atoms with van der Waals surface area (Å²) in [5, 5.41) is 7.12. The normalized spacial score (nSPS) is 14.5. The Hall–Kier alpha value is -2.97. The number of carbonyl (C=O) groups excluding carboxylic acids is 1. The zero-order valence-electron chi connectivity index (χ0n) is 17.0. The first kappa shape index (κ1) is 21.3. The number of piperidine rings is 1. The van der Waals surface area contributed by atoms with Crippen LogP contribution in [0.25, 0.3) is 10.9 Å². The molecule has 3 aromatic rings. The average Bonchev–Trinajstić information content (AvgIpc) is 2.79. The average molecular weight is 442 g/mol. The first-order valence-electron chi connectivity index (χ1n) is 10.3. The van der Waals surface area contributed by atoms with Crippen molar-refractivity contribution in [1.29, 1.82) is 0 Å². The fraction of sp³-hybridized carbons (Fsp3) is 0.364. The number of pyridine rings is 1. The lowest BCUT2D eigenvalue weighted by Crippen LogP contribution is -2.31. The third-order valence-corrected chi connectivity index (χ3v) is 5.74. The van der Waals surface area contributed by atoms with Crippen LogP contribution in [0.1, 0.15) is 35.4 Å². The molecule has 31 heavy (non-hydrogen) atoms. The highest BCUT2D eigenvalue weighted by Crippen LogP contribution is 2.23. The van der Waals surface area contributed by atoms with E-state index in [9.17, 15) is 9.59 Å². The summed E-state index contributed by atoms with van der Waals surface area (Å²) in [6.07, 6.45) is 6.31. The second kappa shape index (κ2) is 9.89. The van der Waals surface area contributed by atoms with E-state index in [-0.39, 0.29) is 18.1 Å². The third kappa shape index (κ3) is 5.39. The Labute approximate surface area is 184 Å². The molecule has 1 aliphatic heterocycles. The van der Waals surface area contributed by atoms with E-state index in [0.717, 1.165) is 32.4 Å². The molecule has 0 atom stereocenters. The van der Waals surface area contributed by atoms with Gasteiger partial charge in [0.1, 0.15) is 18.2 Å². The number of H-pyrrole nitrogens is 1. The second-order valence-corrected chi connectivity index (χ2v) is 7.98.